The summed E-state index contributed by atoms with van der Waals surface area (Å²) in [4.78, 5) is 10.7. The summed E-state index contributed by atoms with van der Waals surface area (Å²) in [7, 11) is 0. The molecule has 2 aliphatic heterocycles. The molecule has 2 aliphatic rings. The molecule has 6 rings (SSSR count). The molecule has 4 heteroatoms. The number of aromatic amines is 1. The Labute approximate surface area is 157 Å². The molecule has 4 nitrogen and oxygen atoms in total. The molecule has 2 N–H and O–H groups in total. The molecular weight excluding hydrogens is 332 g/mol. The van der Waals surface area contributed by atoms with Crippen LogP contribution in [0.1, 0.15) is 34.6 Å². The zero-order chi connectivity index (χ0) is 17.8. The largest absolute Gasteiger partial charge is 0.365 e. The summed E-state index contributed by atoms with van der Waals surface area (Å²) in [5, 5.41) is 5.11. The van der Waals surface area contributed by atoms with Crippen molar-refractivity contribution in [1.29, 1.82) is 0 Å². The van der Waals surface area contributed by atoms with Crippen molar-refractivity contribution in [2.45, 2.75) is 18.6 Å². The highest BCUT2D eigenvalue weighted by Crippen LogP contribution is 2.47. The fourth-order valence-electron chi connectivity index (χ4n) is 4.78. The van der Waals surface area contributed by atoms with E-state index in [1.54, 1.807) is 0 Å². The minimum Gasteiger partial charge on any atom is -0.365 e. The summed E-state index contributed by atoms with van der Waals surface area (Å²) >= 11 is 0. The van der Waals surface area contributed by atoms with Crippen LogP contribution in [-0.2, 0) is 6.42 Å². The Kier molecular flexibility index (Phi) is 3.16. The van der Waals surface area contributed by atoms with E-state index in [2.05, 4.69) is 74.8 Å². The topological polar surface area (TPSA) is 44.0 Å². The van der Waals surface area contributed by atoms with Gasteiger partial charge >= 0.3 is 0 Å². The van der Waals surface area contributed by atoms with Gasteiger partial charge in [0.05, 0.1) is 6.04 Å². The van der Waals surface area contributed by atoms with Gasteiger partial charge in [0.1, 0.15) is 6.17 Å². The summed E-state index contributed by atoms with van der Waals surface area (Å²) in [5.74, 6) is 0. The van der Waals surface area contributed by atoms with Gasteiger partial charge in [-0.3, -0.25) is 9.88 Å². The Morgan fingerprint density at radius 2 is 1.85 bits per heavy atom. The van der Waals surface area contributed by atoms with Crippen molar-refractivity contribution in [3.8, 4) is 0 Å². The van der Waals surface area contributed by atoms with E-state index < -0.39 is 0 Å². The number of nitrogens with one attached hydrogen (secondary N) is 2. The van der Waals surface area contributed by atoms with Gasteiger partial charge in [-0.05, 0) is 35.7 Å². The van der Waals surface area contributed by atoms with Gasteiger partial charge < -0.3 is 10.3 Å². The lowest BCUT2D eigenvalue weighted by Crippen LogP contribution is -2.45. The van der Waals surface area contributed by atoms with Crippen molar-refractivity contribution in [3.05, 3.63) is 95.4 Å². The molecule has 0 amide bonds. The molecule has 4 aromatic rings. The number of anilines is 1. The van der Waals surface area contributed by atoms with Crippen LogP contribution < -0.4 is 5.32 Å². The van der Waals surface area contributed by atoms with Crippen LogP contribution in [0.3, 0.4) is 0 Å². The molecule has 2 aromatic carbocycles. The quantitative estimate of drug-likeness (QED) is 0.525. The highest BCUT2D eigenvalue weighted by molar-refractivity contribution is 5.85. The van der Waals surface area contributed by atoms with Gasteiger partial charge in [0, 0.05) is 46.8 Å². The maximum absolute atomic E-state index is 4.36. The number of hydrogen-bond acceptors (Lipinski definition) is 3. The van der Waals surface area contributed by atoms with Crippen LogP contribution in [0, 0.1) is 0 Å². The molecule has 0 saturated carbocycles. The Morgan fingerprint density at radius 3 is 2.78 bits per heavy atom. The second-order valence-electron chi connectivity index (χ2n) is 7.37. The molecule has 27 heavy (non-hydrogen) atoms. The van der Waals surface area contributed by atoms with Gasteiger partial charge in [-0.25, -0.2) is 0 Å². The molecule has 2 atom stereocenters. The number of fused-ring (bicyclic) bond motifs is 7. The van der Waals surface area contributed by atoms with Crippen molar-refractivity contribution in [2.24, 2.45) is 0 Å². The average molecular weight is 352 g/mol. The molecule has 0 spiro atoms. The van der Waals surface area contributed by atoms with Gasteiger partial charge in [0.2, 0.25) is 0 Å². The summed E-state index contributed by atoms with van der Waals surface area (Å²) in [6, 6.07) is 21.8. The van der Waals surface area contributed by atoms with E-state index in [0.29, 0.717) is 0 Å². The van der Waals surface area contributed by atoms with Crippen LogP contribution in [-0.4, -0.2) is 21.4 Å². The molecule has 0 saturated heterocycles. The molecule has 0 fully saturated rings. The number of aromatic nitrogens is 2. The van der Waals surface area contributed by atoms with E-state index >= 15 is 0 Å². The van der Waals surface area contributed by atoms with Crippen molar-refractivity contribution >= 4 is 16.6 Å². The van der Waals surface area contributed by atoms with Gasteiger partial charge in [0.15, 0.2) is 0 Å². The van der Waals surface area contributed by atoms with Gasteiger partial charge in [0.25, 0.3) is 0 Å². The van der Waals surface area contributed by atoms with Crippen molar-refractivity contribution in [1.82, 2.24) is 14.9 Å². The Balaban J connectivity index is 1.58. The standard InChI is InChI=1S/C23H20N4/c1-3-9-19-16(7-1)17-11-13-27-22(21(17)25-19)18-8-2-4-10-20(18)26-23(27)15-6-5-12-24-14-15/h1-10,12,14,22-23,25-26H,11,13H2/t22-,23+/m1/s1. The van der Waals surface area contributed by atoms with Crippen molar-refractivity contribution in [3.63, 3.8) is 0 Å². The third-order valence-electron chi connectivity index (χ3n) is 5.95. The number of benzene rings is 2. The molecule has 2 aromatic heterocycles. The van der Waals surface area contributed by atoms with E-state index in [0.717, 1.165) is 13.0 Å². The van der Waals surface area contributed by atoms with Crippen LogP contribution in [0.15, 0.2) is 73.1 Å². The SMILES string of the molecule is c1cncc([C@H]2Nc3ccccc3[C@@H]3c4[nH]c5ccccc5c4CCN32)c1. The zero-order valence-corrected chi connectivity index (χ0v) is 14.9. The molecule has 0 bridgehead atoms. The summed E-state index contributed by atoms with van der Waals surface area (Å²) in [5.41, 5.74) is 7.79. The first-order valence-electron chi connectivity index (χ1n) is 9.51. The molecule has 4 heterocycles. The van der Waals surface area contributed by atoms with Gasteiger partial charge in [-0.15, -0.1) is 0 Å². The lowest BCUT2D eigenvalue weighted by molar-refractivity contribution is 0.151. The van der Waals surface area contributed by atoms with Crippen LogP contribution in [0.4, 0.5) is 5.69 Å². The smallest absolute Gasteiger partial charge is 0.108 e. The monoisotopic (exact) mass is 352 g/mol. The number of pyridine rings is 1. The highest BCUT2D eigenvalue weighted by Gasteiger charge is 2.40. The van der Waals surface area contributed by atoms with Crippen LogP contribution in [0.25, 0.3) is 10.9 Å². The fraction of sp³-hybridized carbons (Fsp3) is 0.174. The fourth-order valence-corrected chi connectivity index (χ4v) is 4.78. The number of H-pyrrole nitrogens is 1. The molecular formula is C23H20N4. The number of rotatable bonds is 1. The Hall–Kier alpha value is -3.11. The summed E-state index contributed by atoms with van der Waals surface area (Å²) < 4.78 is 0. The maximum atomic E-state index is 4.36. The number of nitrogens with zero attached hydrogens (tertiary/aromatic N) is 2. The second-order valence-corrected chi connectivity index (χ2v) is 7.37. The third-order valence-corrected chi connectivity index (χ3v) is 5.95. The molecule has 0 aliphatic carbocycles. The number of hydrogen-bond donors (Lipinski definition) is 2. The summed E-state index contributed by atoms with van der Waals surface area (Å²) in [6.07, 6.45) is 4.99. The van der Waals surface area contributed by atoms with Gasteiger partial charge in [-0.2, -0.15) is 0 Å². The molecule has 0 unspecified atom stereocenters. The first-order chi connectivity index (χ1) is 13.4. The van der Waals surface area contributed by atoms with Crippen LogP contribution in [0.2, 0.25) is 0 Å². The van der Waals surface area contributed by atoms with E-state index in [1.165, 1.54) is 39.0 Å². The predicted molar refractivity (Wildman–Crippen MR) is 108 cm³/mol. The number of para-hydroxylation sites is 2. The Morgan fingerprint density at radius 1 is 0.963 bits per heavy atom. The summed E-state index contributed by atoms with van der Waals surface area (Å²) in [6.45, 7) is 1.01. The van der Waals surface area contributed by atoms with Crippen molar-refractivity contribution in [2.75, 3.05) is 11.9 Å². The van der Waals surface area contributed by atoms with E-state index in [-0.39, 0.29) is 12.2 Å². The zero-order valence-electron chi connectivity index (χ0n) is 14.9. The maximum Gasteiger partial charge on any atom is 0.108 e. The highest BCUT2D eigenvalue weighted by atomic mass is 15.3. The first-order valence-corrected chi connectivity index (χ1v) is 9.51. The predicted octanol–water partition coefficient (Wildman–Crippen LogP) is 4.63. The molecule has 0 radical (unpaired) electrons. The molecule has 132 valence electrons. The third kappa shape index (κ3) is 2.17. The van der Waals surface area contributed by atoms with E-state index in [1.807, 2.05) is 18.5 Å². The average Bonchev–Trinajstić information content (AvgIpc) is 3.12. The van der Waals surface area contributed by atoms with Crippen LogP contribution >= 0.6 is 0 Å². The lowest BCUT2D eigenvalue weighted by atomic mass is 9.88. The minimum atomic E-state index is 0.123. The Bertz CT molecular complexity index is 1130. The van der Waals surface area contributed by atoms with E-state index in [9.17, 15) is 0 Å². The lowest BCUT2D eigenvalue weighted by Gasteiger charge is -2.46. The van der Waals surface area contributed by atoms with Crippen molar-refractivity contribution < 1.29 is 0 Å². The normalized spacial score (nSPS) is 21.2. The van der Waals surface area contributed by atoms with Gasteiger partial charge in [-0.1, -0.05) is 42.5 Å². The first kappa shape index (κ1) is 15.0. The minimum absolute atomic E-state index is 0.123. The van der Waals surface area contributed by atoms with Crippen LogP contribution in [0.5, 0.6) is 0 Å². The second kappa shape index (κ2) is 5.69. The van der Waals surface area contributed by atoms with E-state index in [4.69, 9.17) is 0 Å².